The van der Waals surface area contributed by atoms with Crippen LogP contribution in [0.3, 0.4) is 0 Å². The summed E-state index contributed by atoms with van der Waals surface area (Å²) in [6.07, 6.45) is 3.54. The number of aromatic nitrogens is 3. The van der Waals surface area contributed by atoms with Gasteiger partial charge < -0.3 is 14.4 Å². The third-order valence-electron chi connectivity index (χ3n) is 3.94. The molecule has 2 aromatic rings. The summed E-state index contributed by atoms with van der Waals surface area (Å²) in [4.78, 5) is 15.7. The summed E-state index contributed by atoms with van der Waals surface area (Å²) >= 11 is 0. The predicted molar refractivity (Wildman–Crippen MR) is 93.0 cm³/mol. The Bertz CT molecular complexity index is 691. The first-order chi connectivity index (χ1) is 11.5. The lowest BCUT2D eigenvalue weighted by molar-refractivity contribution is -0.106. The van der Waals surface area contributed by atoms with Gasteiger partial charge in [-0.25, -0.2) is 9.97 Å². The van der Waals surface area contributed by atoms with E-state index in [2.05, 4.69) is 28.7 Å². The minimum absolute atomic E-state index is 0.0263. The van der Waals surface area contributed by atoms with Gasteiger partial charge in [0.15, 0.2) is 5.82 Å². The van der Waals surface area contributed by atoms with E-state index in [9.17, 15) is 0 Å². The molecule has 0 bridgehead atoms. The van der Waals surface area contributed by atoms with Crippen molar-refractivity contribution in [2.45, 2.75) is 32.5 Å². The third kappa shape index (κ3) is 3.88. The standard InChI is InChI=1S/C18H24N4O2/c1-13-9-16(21-17(20-13)14-5-7-19-8-6-14)22-10-15(11-23-4)24-18(2,3)12-22/h5-9,15H,10-12H2,1-4H3/t15-/m0/s1. The molecular formula is C18H24N4O2. The summed E-state index contributed by atoms with van der Waals surface area (Å²) in [6.45, 7) is 8.29. The molecule has 1 aliphatic rings. The number of ether oxygens (including phenoxy) is 2. The quantitative estimate of drug-likeness (QED) is 0.859. The molecule has 0 unspecified atom stereocenters. The van der Waals surface area contributed by atoms with Crippen LogP contribution in [-0.4, -0.2) is 53.5 Å². The van der Waals surface area contributed by atoms with Crippen LogP contribution < -0.4 is 4.90 Å². The fourth-order valence-corrected chi connectivity index (χ4v) is 3.09. The monoisotopic (exact) mass is 328 g/mol. The van der Waals surface area contributed by atoms with Gasteiger partial charge >= 0.3 is 0 Å². The maximum Gasteiger partial charge on any atom is 0.161 e. The summed E-state index contributed by atoms with van der Waals surface area (Å²) in [6, 6.07) is 5.88. The van der Waals surface area contributed by atoms with Gasteiger partial charge in [-0.1, -0.05) is 0 Å². The lowest BCUT2D eigenvalue weighted by Crippen LogP contribution is -2.54. The molecule has 1 aliphatic heterocycles. The highest BCUT2D eigenvalue weighted by Crippen LogP contribution is 2.27. The minimum Gasteiger partial charge on any atom is -0.382 e. The summed E-state index contributed by atoms with van der Waals surface area (Å²) < 4.78 is 11.4. The van der Waals surface area contributed by atoms with Crippen molar-refractivity contribution in [3.05, 3.63) is 36.3 Å². The largest absolute Gasteiger partial charge is 0.382 e. The molecule has 0 aromatic carbocycles. The van der Waals surface area contributed by atoms with Crippen molar-refractivity contribution in [3.63, 3.8) is 0 Å². The van der Waals surface area contributed by atoms with Crippen molar-refractivity contribution in [1.82, 2.24) is 15.0 Å². The molecule has 1 saturated heterocycles. The molecule has 6 nitrogen and oxygen atoms in total. The van der Waals surface area contributed by atoms with Crippen molar-refractivity contribution >= 4 is 5.82 Å². The number of morpholine rings is 1. The highest BCUT2D eigenvalue weighted by atomic mass is 16.5. The second-order valence-corrected chi connectivity index (χ2v) is 6.76. The molecule has 1 fully saturated rings. The van der Waals surface area contributed by atoms with Crippen LogP contribution in [0.1, 0.15) is 19.5 Å². The van der Waals surface area contributed by atoms with Gasteiger partial charge in [0.05, 0.1) is 18.3 Å². The number of aryl methyl sites for hydroxylation is 1. The SMILES string of the molecule is COC[C@@H]1CN(c2cc(C)nc(-c3ccncc3)n2)CC(C)(C)O1. The number of methoxy groups -OCH3 is 1. The minimum atomic E-state index is -0.253. The molecule has 2 aromatic heterocycles. The first-order valence-electron chi connectivity index (χ1n) is 8.15. The van der Waals surface area contributed by atoms with Gasteiger partial charge in [0, 0.05) is 49.9 Å². The van der Waals surface area contributed by atoms with Gasteiger partial charge in [-0.05, 0) is 32.9 Å². The Kier molecular flexibility index (Phi) is 4.78. The Morgan fingerprint density at radius 3 is 2.75 bits per heavy atom. The number of pyridine rings is 1. The zero-order chi connectivity index (χ0) is 17.2. The van der Waals surface area contributed by atoms with E-state index in [1.54, 1.807) is 19.5 Å². The van der Waals surface area contributed by atoms with E-state index in [0.717, 1.165) is 36.0 Å². The van der Waals surface area contributed by atoms with E-state index in [0.29, 0.717) is 6.61 Å². The van der Waals surface area contributed by atoms with E-state index < -0.39 is 0 Å². The van der Waals surface area contributed by atoms with Crippen molar-refractivity contribution in [1.29, 1.82) is 0 Å². The Balaban J connectivity index is 1.92. The summed E-state index contributed by atoms with van der Waals surface area (Å²) in [7, 11) is 1.70. The van der Waals surface area contributed by atoms with E-state index in [4.69, 9.17) is 14.5 Å². The average molecular weight is 328 g/mol. The molecule has 0 N–H and O–H groups in total. The van der Waals surface area contributed by atoms with Crippen LogP contribution in [0.2, 0.25) is 0 Å². The van der Waals surface area contributed by atoms with Crippen LogP contribution in [0.5, 0.6) is 0 Å². The molecule has 1 atom stereocenters. The lowest BCUT2D eigenvalue weighted by atomic mass is 10.1. The van der Waals surface area contributed by atoms with Gasteiger partial charge in [0.2, 0.25) is 0 Å². The van der Waals surface area contributed by atoms with Crippen molar-refractivity contribution < 1.29 is 9.47 Å². The van der Waals surface area contributed by atoms with Gasteiger partial charge in [-0.3, -0.25) is 4.98 Å². The predicted octanol–water partition coefficient (Wildman–Crippen LogP) is 2.48. The van der Waals surface area contributed by atoms with Crippen molar-refractivity contribution in [3.8, 4) is 11.4 Å². The number of hydrogen-bond donors (Lipinski definition) is 0. The number of anilines is 1. The number of rotatable bonds is 4. The maximum absolute atomic E-state index is 6.09. The highest BCUT2D eigenvalue weighted by Gasteiger charge is 2.34. The lowest BCUT2D eigenvalue weighted by Gasteiger charge is -2.43. The molecule has 6 heteroatoms. The van der Waals surface area contributed by atoms with Gasteiger partial charge in [0.25, 0.3) is 0 Å². The molecular weight excluding hydrogens is 304 g/mol. The van der Waals surface area contributed by atoms with Crippen LogP contribution >= 0.6 is 0 Å². The molecule has 0 saturated carbocycles. The number of nitrogens with zero attached hydrogens (tertiary/aromatic N) is 4. The van der Waals surface area contributed by atoms with Crippen LogP contribution in [0.25, 0.3) is 11.4 Å². The molecule has 0 amide bonds. The second-order valence-electron chi connectivity index (χ2n) is 6.76. The molecule has 3 heterocycles. The topological polar surface area (TPSA) is 60.4 Å². The highest BCUT2D eigenvalue weighted by molar-refractivity contribution is 5.57. The zero-order valence-electron chi connectivity index (χ0n) is 14.7. The molecule has 128 valence electrons. The Morgan fingerprint density at radius 1 is 1.29 bits per heavy atom. The molecule has 3 rings (SSSR count). The first-order valence-corrected chi connectivity index (χ1v) is 8.15. The fourth-order valence-electron chi connectivity index (χ4n) is 3.09. The van der Waals surface area contributed by atoms with Crippen molar-refractivity contribution in [2.24, 2.45) is 0 Å². The molecule has 0 spiro atoms. The van der Waals surface area contributed by atoms with E-state index >= 15 is 0 Å². The summed E-state index contributed by atoms with van der Waals surface area (Å²) in [5.74, 6) is 1.65. The third-order valence-corrected chi connectivity index (χ3v) is 3.94. The Hall–Kier alpha value is -2.05. The number of hydrogen-bond acceptors (Lipinski definition) is 6. The van der Waals surface area contributed by atoms with Crippen LogP contribution in [0.4, 0.5) is 5.82 Å². The van der Waals surface area contributed by atoms with E-state index in [1.807, 2.05) is 25.1 Å². The maximum atomic E-state index is 6.09. The average Bonchev–Trinajstić information content (AvgIpc) is 2.54. The van der Waals surface area contributed by atoms with Gasteiger partial charge in [-0.2, -0.15) is 0 Å². The van der Waals surface area contributed by atoms with Crippen LogP contribution in [-0.2, 0) is 9.47 Å². The fraction of sp³-hybridized carbons (Fsp3) is 0.500. The van der Waals surface area contributed by atoms with Gasteiger partial charge in [0.1, 0.15) is 5.82 Å². The smallest absolute Gasteiger partial charge is 0.161 e. The summed E-state index contributed by atoms with van der Waals surface area (Å²) in [5, 5.41) is 0. The van der Waals surface area contributed by atoms with E-state index in [1.165, 1.54) is 0 Å². The second kappa shape index (κ2) is 6.83. The summed E-state index contributed by atoms with van der Waals surface area (Å²) in [5.41, 5.74) is 1.66. The van der Waals surface area contributed by atoms with Crippen LogP contribution in [0, 0.1) is 6.92 Å². The van der Waals surface area contributed by atoms with Gasteiger partial charge in [-0.15, -0.1) is 0 Å². The molecule has 0 radical (unpaired) electrons. The first kappa shape index (κ1) is 16.8. The molecule has 24 heavy (non-hydrogen) atoms. The Labute approximate surface area is 142 Å². The zero-order valence-corrected chi connectivity index (χ0v) is 14.7. The molecule has 0 aliphatic carbocycles. The van der Waals surface area contributed by atoms with E-state index in [-0.39, 0.29) is 11.7 Å². The normalized spacial score (nSPS) is 20.2. The van der Waals surface area contributed by atoms with Crippen LogP contribution in [0.15, 0.2) is 30.6 Å². The Morgan fingerprint density at radius 2 is 2.04 bits per heavy atom. The van der Waals surface area contributed by atoms with Crippen molar-refractivity contribution in [2.75, 3.05) is 31.7 Å².